The fourth-order valence-electron chi connectivity index (χ4n) is 4.79. The quantitative estimate of drug-likeness (QED) is 0.628. The average Bonchev–Trinajstić information content (AvgIpc) is 3.53. The van der Waals surface area contributed by atoms with E-state index in [0.29, 0.717) is 6.10 Å². The molecule has 2 aromatic heterocycles. The lowest BCUT2D eigenvalue weighted by atomic mass is 10.1. The van der Waals surface area contributed by atoms with Gasteiger partial charge in [0.25, 0.3) is 0 Å². The number of fused-ring (bicyclic) bond motifs is 1. The summed E-state index contributed by atoms with van der Waals surface area (Å²) in [5, 5.41) is 3.43. The lowest BCUT2D eigenvalue weighted by molar-refractivity contribution is 0.0561. The minimum absolute atomic E-state index is 0.386. The highest BCUT2D eigenvalue weighted by molar-refractivity contribution is 5.47. The SMILES string of the molecule is c1cnc(C2CC2)c(CN2CCC(OCCCCc3ccc4c(n3)NCCC4)C2)c1. The molecule has 3 aliphatic rings. The lowest BCUT2D eigenvalue weighted by Crippen LogP contribution is -2.24. The first-order chi connectivity index (χ1) is 14.8. The van der Waals surface area contributed by atoms with E-state index in [-0.39, 0.29) is 0 Å². The zero-order valence-corrected chi connectivity index (χ0v) is 18.0. The summed E-state index contributed by atoms with van der Waals surface area (Å²) in [6, 6.07) is 8.80. The van der Waals surface area contributed by atoms with Crippen LogP contribution in [0.4, 0.5) is 5.82 Å². The Morgan fingerprint density at radius 1 is 1.13 bits per heavy atom. The molecule has 0 bridgehead atoms. The van der Waals surface area contributed by atoms with Crippen molar-refractivity contribution in [3.8, 4) is 0 Å². The third-order valence-electron chi connectivity index (χ3n) is 6.65. The van der Waals surface area contributed by atoms with E-state index >= 15 is 0 Å². The largest absolute Gasteiger partial charge is 0.377 e. The first-order valence-corrected chi connectivity index (χ1v) is 11.9. The van der Waals surface area contributed by atoms with Crippen molar-refractivity contribution in [3.63, 3.8) is 0 Å². The summed E-state index contributed by atoms with van der Waals surface area (Å²) in [6.45, 7) is 5.13. The van der Waals surface area contributed by atoms with Gasteiger partial charge in [0.05, 0.1) is 6.10 Å². The number of rotatable bonds is 9. The van der Waals surface area contributed by atoms with Gasteiger partial charge < -0.3 is 10.1 Å². The highest BCUT2D eigenvalue weighted by Crippen LogP contribution is 2.40. The predicted octanol–water partition coefficient (Wildman–Crippen LogP) is 4.33. The molecular weight excluding hydrogens is 372 g/mol. The van der Waals surface area contributed by atoms with Crippen LogP contribution in [0, 0.1) is 0 Å². The number of nitrogens with zero attached hydrogens (tertiary/aromatic N) is 3. The predicted molar refractivity (Wildman–Crippen MR) is 120 cm³/mol. The van der Waals surface area contributed by atoms with Gasteiger partial charge in [-0.3, -0.25) is 9.88 Å². The third kappa shape index (κ3) is 5.01. The van der Waals surface area contributed by atoms with Gasteiger partial charge >= 0.3 is 0 Å². The number of aryl methyl sites for hydroxylation is 2. The molecule has 2 aromatic rings. The van der Waals surface area contributed by atoms with Gasteiger partial charge in [-0.1, -0.05) is 12.1 Å². The van der Waals surface area contributed by atoms with Crippen LogP contribution in [-0.2, 0) is 24.1 Å². The van der Waals surface area contributed by atoms with E-state index in [1.807, 2.05) is 6.20 Å². The van der Waals surface area contributed by atoms with E-state index < -0.39 is 0 Å². The van der Waals surface area contributed by atoms with E-state index in [0.717, 1.165) is 76.6 Å². The summed E-state index contributed by atoms with van der Waals surface area (Å²) < 4.78 is 6.20. The highest BCUT2D eigenvalue weighted by Gasteiger charge is 2.29. The van der Waals surface area contributed by atoms with Crippen molar-refractivity contribution in [2.45, 2.75) is 69.9 Å². The first-order valence-electron chi connectivity index (χ1n) is 11.9. The van der Waals surface area contributed by atoms with Crippen molar-refractivity contribution < 1.29 is 4.74 Å². The second-order valence-electron chi connectivity index (χ2n) is 9.14. The Morgan fingerprint density at radius 2 is 2.10 bits per heavy atom. The van der Waals surface area contributed by atoms with Gasteiger partial charge in [0, 0.05) is 56.3 Å². The minimum atomic E-state index is 0.386. The summed E-state index contributed by atoms with van der Waals surface area (Å²) >= 11 is 0. The Labute approximate surface area is 180 Å². The smallest absolute Gasteiger partial charge is 0.129 e. The van der Waals surface area contributed by atoms with Gasteiger partial charge in [-0.15, -0.1) is 0 Å². The molecule has 160 valence electrons. The lowest BCUT2D eigenvalue weighted by Gasteiger charge is -2.18. The van der Waals surface area contributed by atoms with Gasteiger partial charge in [0.1, 0.15) is 5.82 Å². The van der Waals surface area contributed by atoms with Crippen LogP contribution in [0.15, 0.2) is 30.5 Å². The summed E-state index contributed by atoms with van der Waals surface area (Å²) in [7, 11) is 0. The van der Waals surface area contributed by atoms with Crippen molar-refractivity contribution >= 4 is 5.82 Å². The number of ether oxygens (including phenoxy) is 1. The summed E-state index contributed by atoms with van der Waals surface area (Å²) in [4.78, 5) is 12.0. The fraction of sp³-hybridized carbons (Fsp3) is 0.600. The molecule has 0 spiro atoms. The van der Waals surface area contributed by atoms with Crippen LogP contribution >= 0.6 is 0 Å². The molecule has 2 fully saturated rings. The number of unbranched alkanes of at least 4 members (excludes halogenated alkanes) is 1. The van der Waals surface area contributed by atoms with Gasteiger partial charge in [-0.25, -0.2) is 4.98 Å². The second kappa shape index (κ2) is 9.44. The minimum Gasteiger partial charge on any atom is -0.377 e. The zero-order chi connectivity index (χ0) is 20.2. The van der Waals surface area contributed by atoms with Crippen molar-refractivity contribution in [2.24, 2.45) is 0 Å². The summed E-state index contributed by atoms with van der Waals surface area (Å²) in [6.07, 6.45) is 11.8. The molecule has 5 nitrogen and oxygen atoms in total. The molecule has 0 radical (unpaired) electrons. The number of nitrogens with one attached hydrogen (secondary N) is 1. The third-order valence-corrected chi connectivity index (χ3v) is 6.65. The topological polar surface area (TPSA) is 50.3 Å². The summed E-state index contributed by atoms with van der Waals surface area (Å²) in [5.74, 6) is 1.83. The maximum atomic E-state index is 6.20. The average molecular weight is 407 g/mol. The Kier molecular flexibility index (Phi) is 6.28. The number of hydrogen-bond donors (Lipinski definition) is 1. The van der Waals surface area contributed by atoms with Crippen LogP contribution in [0.2, 0.25) is 0 Å². The molecule has 0 aromatic carbocycles. The van der Waals surface area contributed by atoms with Crippen LogP contribution in [-0.4, -0.2) is 47.2 Å². The van der Waals surface area contributed by atoms with E-state index in [1.165, 1.54) is 41.8 Å². The van der Waals surface area contributed by atoms with Gasteiger partial charge in [0.2, 0.25) is 0 Å². The Balaban J connectivity index is 1.01. The van der Waals surface area contributed by atoms with Crippen LogP contribution in [0.1, 0.15) is 67.0 Å². The molecule has 1 aliphatic carbocycles. The number of aromatic nitrogens is 2. The molecular formula is C25H34N4O. The molecule has 1 unspecified atom stereocenters. The van der Waals surface area contributed by atoms with E-state index in [1.54, 1.807) is 0 Å². The van der Waals surface area contributed by atoms with Crippen LogP contribution in [0.3, 0.4) is 0 Å². The fourth-order valence-corrected chi connectivity index (χ4v) is 4.79. The van der Waals surface area contributed by atoms with Crippen molar-refractivity contribution in [1.82, 2.24) is 14.9 Å². The second-order valence-corrected chi connectivity index (χ2v) is 9.14. The van der Waals surface area contributed by atoms with E-state index in [9.17, 15) is 0 Å². The molecule has 1 N–H and O–H groups in total. The zero-order valence-electron chi connectivity index (χ0n) is 18.0. The highest BCUT2D eigenvalue weighted by atomic mass is 16.5. The standard InChI is InChI=1S/C25H34N4O/c1(7-22-11-10-20-5-3-14-27-25(20)28-22)2-16-30-23-12-15-29(18-23)17-21-6-4-13-26-24(21)19-8-9-19/h4,6,10-11,13,19,23H,1-3,5,7-9,12,14-18H2,(H,27,28). The van der Waals surface area contributed by atoms with Crippen LogP contribution in [0.25, 0.3) is 0 Å². The normalized spacial score (nSPS) is 21.4. The Morgan fingerprint density at radius 3 is 3.03 bits per heavy atom. The van der Waals surface area contributed by atoms with Crippen molar-refractivity contribution in [2.75, 3.05) is 31.6 Å². The molecule has 2 aliphatic heterocycles. The van der Waals surface area contributed by atoms with E-state index in [4.69, 9.17) is 9.72 Å². The van der Waals surface area contributed by atoms with Crippen LogP contribution < -0.4 is 5.32 Å². The Bertz CT molecular complexity index is 851. The maximum Gasteiger partial charge on any atom is 0.129 e. The number of likely N-dealkylation sites (tertiary alicyclic amines) is 1. The van der Waals surface area contributed by atoms with Crippen molar-refractivity contribution in [3.05, 3.63) is 53.0 Å². The van der Waals surface area contributed by atoms with Crippen molar-refractivity contribution in [1.29, 1.82) is 0 Å². The molecule has 5 heteroatoms. The number of anilines is 1. The number of hydrogen-bond acceptors (Lipinski definition) is 5. The molecule has 30 heavy (non-hydrogen) atoms. The molecule has 5 rings (SSSR count). The molecule has 1 atom stereocenters. The summed E-state index contributed by atoms with van der Waals surface area (Å²) in [5.41, 5.74) is 5.34. The van der Waals surface area contributed by atoms with E-state index in [2.05, 4.69) is 39.5 Å². The first kappa shape index (κ1) is 20.0. The van der Waals surface area contributed by atoms with Gasteiger partial charge in [-0.2, -0.15) is 0 Å². The number of pyridine rings is 2. The van der Waals surface area contributed by atoms with Crippen LogP contribution in [0.5, 0.6) is 0 Å². The molecule has 0 amide bonds. The van der Waals surface area contributed by atoms with Gasteiger partial charge in [-0.05, 0) is 74.6 Å². The maximum absolute atomic E-state index is 6.20. The molecule has 1 saturated carbocycles. The Hall–Kier alpha value is -1.98. The monoisotopic (exact) mass is 406 g/mol. The molecule has 4 heterocycles. The molecule has 1 saturated heterocycles. The van der Waals surface area contributed by atoms with Gasteiger partial charge in [0.15, 0.2) is 0 Å².